The number of pyridine rings is 1. The first-order valence-corrected chi connectivity index (χ1v) is 12.6. The molecule has 0 bridgehead atoms. The second-order valence-electron chi connectivity index (χ2n) is 9.33. The Morgan fingerprint density at radius 1 is 1.17 bits per heavy atom. The molecule has 2 aromatic rings. The number of thiophene rings is 1. The molecule has 3 nitrogen and oxygen atoms in total. The summed E-state index contributed by atoms with van der Waals surface area (Å²) in [5.74, 6) is 2.69. The number of allylic oxidation sites excluding steroid dienone is 1. The van der Waals surface area contributed by atoms with Crippen LogP contribution in [0.5, 0.6) is 0 Å². The second kappa shape index (κ2) is 9.05. The molecule has 1 saturated carbocycles. The zero-order valence-corrected chi connectivity index (χ0v) is 18.9. The Morgan fingerprint density at radius 3 is 2.90 bits per heavy atom. The molecule has 0 radical (unpaired) electrons. The zero-order chi connectivity index (χ0) is 20.3. The number of nitrogens with one attached hydrogen (secondary N) is 1. The molecule has 1 atom stereocenters. The van der Waals surface area contributed by atoms with Crippen LogP contribution in [0.25, 0.3) is 0 Å². The van der Waals surface area contributed by atoms with E-state index < -0.39 is 0 Å². The van der Waals surface area contributed by atoms with E-state index in [0.717, 1.165) is 30.5 Å². The molecule has 1 fully saturated rings. The summed E-state index contributed by atoms with van der Waals surface area (Å²) in [6.45, 7) is 2.42. The molecule has 0 spiro atoms. The van der Waals surface area contributed by atoms with Crippen LogP contribution in [0.15, 0.2) is 41.8 Å². The molecule has 1 aliphatic heterocycles. The summed E-state index contributed by atoms with van der Waals surface area (Å²) in [6.07, 6.45) is 20.6. The number of rotatable bonds is 4. The number of nitrogens with zero attached hydrogens (tertiary/aromatic N) is 2. The zero-order valence-electron chi connectivity index (χ0n) is 18.1. The second-order valence-corrected chi connectivity index (χ2v) is 10.5. The fourth-order valence-corrected chi connectivity index (χ4v) is 6.97. The van der Waals surface area contributed by atoms with E-state index in [4.69, 9.17) is 4.99 Å². The maximum Gasteiger partial charge on any atom is 0.133 e. The van der Waals surface area contributed by atoms with Gasteiger partial charge in [0.1, 0.15) is 5.84 Å². The minimum atomic E-state index is 0.465. The van der Waals surface area contributed by atoms with Crippen LogP contribution in [0.3, 0.4) is 0 Å². The molecule has 0 amide bonds. The van der Waals surface area contributed by atoms with E-state index in [2.05, 4.69) is 53.0 Å². The number of aromatic nitrogens is 1. The Bertz CT molecular complexity index is 919. The Labute approximate surface area is 184 Å². The van der Waals surface area contributed by atoms with E-state index >= 15 is 0 Å². The molecule has 0 saturated heterocycles. The standard InChI is InChI=1S/C26H33N3S/c1-18(16-19-6-5-14-27-17-19)20-10-12-21(13-11-20)29-26-25-22-7-4-9-23(22)30-24(25)8-2-3-15-28-26/h3,5-6,14-15,17-18,20-21H,2,4,7-13,16H2,1H3,(H,28,29)/b15-3+. The van der Waals surface area contributed by atoms with Crippen molar-refractivity contribution in [2.24, 2.45) is 16.8 Å². The van der Waals surface area contributed by atoms with Gasteiger partial charge in [0.25, 0.3) is 0 Å². The van der Waals surface area contributed by atoms with Crippen molar-refractivity contribution in [1.29, 1.82) is 0 Å². The monoisotopic (exact) mass is 419 g/mol. The number of aryl methyl sites for hydroxylation is 2. The highest BCUT2D eigenvalue weighted by Crippen LogP contribution is 2.38. The summed E-state index contributed by atoms with van der Waals surface area (Å²) in [7, 11) is 0. The fraction of sp³-hybridized carbons (Fsp3) is 0.538. The van der Waals surface area contributed by atoms with Gasteiger partial charge in [0.15, 0.2) is 0 Å². The minimum absolute atomic E-state index is 0.465. The third kappa shape index (κ3) is 4.25. The first-order chi connectivity index (χ1) is 14.8. The maximum atomic E-state index is 5.32. The smallest absolute Gasteiger partial charge is 0.133 e. The largest absolute Gasteiger partial charge is 0.347 e. The van der Waals surface area contributed by atoms with Gasteiger partial charge in [-0.2, -0.15) is 0 Å². The maximum absolute atomic E-state index is 5.32. The Hall–Kier alpha value is -1.94. The summed E-state index contributed by atoms with van der Waals surface area (Å²) in [5.41, 5.74) is 4.45. The van der Waals surface area contributed by atoms with Gasteiger partial charge in [-0.15, -0.1) is 11.3 Å². The van der Waals surface area contributed by atoms with Crippen LogP contribution in [0, 0.1) is 11.8 Å². The van der Waals surface area contributed by atoms with E-state index in [0.29, 0.717) is 6.04 Å². The number of aliphatic imine (C=N–C) groups is 1. The average Bonchev–Trinajstić information content (AvgIpc) is 3.33. The molecule has 3 heterocycles. The third-order valence-electron chi connectivity index (χ3n) is 7.25. The summed E-state index contributed by atoms with van der Waals surface area (Å²) in [5, 5.41) is 3.58. The molecular formula is C26H33N3S. The van der Waals surface area contributed by atoms with Crippen molar-refractivity contribution in [1.82, 2.24) is 10.3 Å². The summed E-state index contributed by atoms with van der Waals surface area (Å²) in [4.78, 5) is 12.8. The van der Waals surface area contributed by atoms with Gasteiger partial charge in [-0.1, -0.05) is 19.1 Å². The molecule has 1 unspecified atom stereocenters. The van der Waals surface area contributed by atoms with E-state index in [-0.39, 0.29) is 0 Å². The van der Waals surface area contributed by atoms with E-state index in [1.165, 1.54) is 62.5 Å². The quantitative estimate of drug-likeness (QED) is 0.673. The number of hydrogen-bond acceptors (Lipinski definition) is 3. The number of amidine groups is 1. The summed E-state index contributed by atoms with van der Waals surface area (Å²) in [6, 6.07) is 4.74. The van der Waals surface area contributed by atoms with Crippen molar-refractivity contribution in [2.45, 2.75) is 77.2 Å². The lowest BCUT2D eigenvalue weighted by Crippen LogP contribution is -2.28. The van der Waals surface area contributed by atoms with Crippen LogP contribution < -0.4 is 5.32 Å². The van der Waals surface area contributed by atoms with Crippen molar-refractivity contribution < 1.29 is 0 Å². The van der Waals surface area contributed by atoms with E-state index in [9.17, 15) is 0 Å². The third-order valence-corrected chi connectivity index (χ3v) is 8.60. The molecule has 3 aliphatic rings. The molecule has 158 valence electrons. The van der Waals surface area contributed by atoms with Crippen molar-refractivity contribution >= 4 is 17.2 Å². The molecule has 1 N–H and O–H groups in total. The summed E-state index contributed by atoms with van der Waals surface area (Å²) < 4.78 is 0. The Balaban J connectivity index is 1.27. The van der Waals surface area contributed by atoms with Crippen molar-refractivity contribution in [3.8, 4) is 0 Å². The normalized spacial score (nSPS) is 26.9. The first kappa shape index (κ1) is 20.0. The molecule has 5 rings (SSSR count). The highest BCUT2D eigenvalue weighted by atomic mass is 32.1. The Kier molecular flexibility index (Phi) is 6.03. The van der Waals surface area contributed by atoms with Gasteiger partial charge >= 0.3 is 0 Å². The van der Waals surface area contributed by atoms with Crippen molar-refractivity contribution in [3.05, 3.63) is 63.2 Å². The lowest BCUT2D eigenvalue weighted by Gasteiger charge is -2.31. The molecule has 30 heavy (non-hydrogen) atoms. The first-order valence-electron chi connectivity index (χ1n) is 11.8. The summed E-state index contributed by atoms with van der Waals surface area (Å²) >= 11 is 2.06. The van der Waals surface area contributed by atoms with Crippen LogP contribution in [-0.2, 0) is 25.7 Å². The van der Waals surface area contributed by atoms with Gasteiger partial charge in [-0.3, -0.25) is 9.98 Å². The van der Waals surface area contributed by atoms with Crippen LogP contribution in [0.4, 0.5) is 0 Å². The Morgan fingerprint density at radius 2 is 2.07 bits per heavy atom. The van der Waals surface area contributed by atoms with E-state index in [1.807, 2.05) is 12.4 Å². The highest BCUT2D eigenvalue weighted by molar-refractivity contribution is 7.12. The van der Waals surface area contributed by atoms with Crippen LogP contribution in [0.1, 0.15) is 71.9 Å². The molecule has 2 aliphatic carbocycles. The number of hydrogen-bond donors (Lipinski definition) is 1. The van der Waals surface area contributed by atoms with Gasteiger partial charge in [-0.25, -0.2) is 0 Å². The lowest BCUT2D eigenvalue weighted by atomic mass is 9.77. The predicted molar refractivity (Wildman–Crippen MR) is 126 cm³/mol. The van der Waals surface area contributed by atoms with Crippen LogP contribution >= 0.6 is 11.3 Å². The fourth-order valence-electron chi connectivity index (χ4n) is 5.56. The van der Waals surface area contributed by atoms with Crippen LogP contribution in [-0.4, -0.2) is 16.9 Å². The predicted octanol–water partition coefficient (Wildman–Crippen LogP) is 5.87. The molecule has 4 heteroatoms. The van der Waals surface area contributed by atoms with Gasteiger partial charge in [0.05, 0.1) is 6.04 Å². The molecule has 2 aromatic heterocycles. The van der Waals surface area contributed by atoms with Crippen molar-refractivity contribution in [2.75, 3.05) is 0 Å². The van der Waals surface area contributed by atoms with Crippen molar-refractivity contribution in [3.63, 3.8) is 0 Å². The van der Waals surface area contributed by atoms with Crippen LogP contribution in [0.2, 0.25) is 0 Å². The van der Waals surface area contributed by atoms with Gasteiger partial charge in [-0.05, 0) is 99.4 Å². The SMILES string of the molecule is CC(Cc1cccnc1)C1CCC(N=C2N/C=C/CCc3sc4c(c32)CCC4)CC1. The molecular weight excluding hydrogens is 386 g/mol. The average molecular weight is 420 g/mol. The highest BCUT2D eigenvalue weighted by Gasteiger charge is 2.28. The van der Waals surface area contributed by atoms with E-state index in [1.54, 1.807) is 15.3 Å². The molecule has 0 aromatic carbocycles. The van der Waals surface area contributed by atoms with Gasteiger partial charge in [0.2, 0.25) is 0 Å². The van der Waals surface area contributed by atoms with Gasteiger partial charge < -0.3 is 5.32 Å². The number of fused-ring (bicyclic) bond motifs is 3. The minimum Gasteiger partial charge on any atom is -0.347 e. The van der Waals surface area contributed by atoms with Gasteiger partial charge in [0, 0.05) is 27.7 Å². The lowest BCUT2D eigenvalue weighted by molar-refractivity contribution is 0.246. The topological polar surface area (TPSA) is 37.3 Å².